The number of rotatable bonds is 2. The molecular formula is C16H17N5O2. The van der Waals surface area contributed by atoms with Crippen LogP contribution in [-0.4, -0.2) is 38.1 Å². The Balaban J connectivity index is 1.91. The van der Waals surface area contributed by atoms with E-state index in [1.54, 1.807) is 36.3 Å². The fraction of sp³-hybridized carbons (Fsp3) is 0.312. The van der Waals surface area contributed by atoms with Gasteiger partial charge in [0.2, 0.25) is 5.95 Å². The molecule has 0 bridgehead atoms. The first-order valence-corrected chi connectivity index (χ1v) is 7.28. The monoisotopic (exact) mass is 311 g/mol. The van der Waals surface area contributed by atoms with Gasteiger partial charge in [-0.1, -0.05) is 6.08 Å². The number of allylic oxidation sites excluding steroid dienone is 2. The zero-order chi connectivity index (χ0) is 16.6. The molecule has 2 amide bonds. The van der Waals surface area contributed by atoms with E-state index in [1.165, 1.54) is 0 Å². The van der Waals surface area contributed by atoms with E-state index in [0.29, 0.717) is 5.84 Å². The summed E-state index contributed by atoms with van der Waals surface area (Å²) in [5, 5.41) is 2.72. The molecule has 3 rings (SSSR count). The Labute approximate surface area is 133 Å². The van der Waals surface area contributed by atoms with Crippen molar-refractivity contribution < 1.29 is 9.59 Å². The van der Waals surface area contributed by atoms with E-state index in [1.807, 2.05) is 19.9 Å². The van der Waals surface area contributed by atoms with E-state index in [0.717, 1.165) is 11.4 Å². The van der Waals surface area contributed by atoms with E-state index < -0.39 is 5.54 Å². The molecule has 2 aliphatic heterocycles. The van der Waals surface area contributed by atoms with Crippen LogP contribution >= 0.6 is 0 Å². The molecule has 1 atom stereocenters. The van der Waals surface area contributed by atoms with Crippen LogP contribution < -0.4 is 5.32 Å². The van der Waals surface area contributed by atoms with Crippen molar-refractivity contribution in [3.8, 4) is 0 Å². The number of amides is 2. The number of aryl methyl sites for hydroxylation is 2. The minimum atomic E-state index is -1.07. The van der Waals surface area contributed by atoms with Crippen LogP contribution in [0.2, 0.25) is 0 Å². The third-order valence-electron chi connectivity index (χ3n) is 3.80. The summed E-state index contributed by atoms with van der Waals surface area (Å²) in [6.45, 7) is 5.37. The van der Waals surface area contributed by atoms with Gasteiger partial charge in [-0.15, -0.1) is 0 Å². The number of hydrogen-bond acceptors (Lipinski definition) is 5. The quantitative estimate of drug-likeness (QED) is 0.894. The first-order chi connectivity index (χ1) is 10.9. The summed E-state index contributed by atoms with van der Waals surface area (Å²) in [5.41, 5.74) is 0.456. The second kappa shape index (κ2) is 5.42. The minimum absolute atomic E-state index is 0.00862. The first-order valence-electron chi connectivity index (χ1n) is 7.28. The van der Waals surface area contributed by atoms with Crippen LogP contribution in [0.5, 0.6) is 0 Å². The second-order valence-electron chi connectivity index (χ2n) is 5.81. The summed E-state index contributed by atoms with van der Waals surface area (Å²) in [4.78, 5) is 38.8. The van der Waals surface area contributed by atoms with Crippen molar-refractivity contribution in [2.75, 3.05) is 5.32 Å². The molecule has 0 spiro atoms. The zero-order valence-corrected chi connectivity index (χ0v) is 13.2. The van der Waals surface area contributed by atoms with E-state index >= 15 is 0 Å². The maximum atomic E-state index is 12.8. The summed E-state index contributed by atoms with van der Waals surface area (Å²) in [6.07, 6.45) is 7.02. The summed E-state index contributed by atoms with van der Waals surface area (Å²) in [6, 6.07) is 1.82. The van der Waals surface area contributed by atoms with Gasteiger partial charge in [-0.25, -0.2) is 9.97 Å². The van der Waals surface area contributed by atoms with Gasteiger partial charge in [0.1, 0.15) is 11.4 Å². The van der Waals surface area contributed by atoms with E-state index in [-0.39, 0.29) is 24.2 Å². The second-order valence-corrected chi connectivity index (χ2v) is 5.81. The van der Waals surface area contributed by atoms with Gasteiger partial charge in [0.25, 0.3) is 11.8 Å². The van der Waals surface area contributed by atoms with Gasteiger partial charge in [-0.3, -0.25) is 14.9 Å². The molecule has 1 aromatic rings. The van der Waals surface area contributed by atoms with Crippen molar-refractivity contribution in [2.24, 2.45) is 4.99 Å². The highest BCUT2D eigenvalue weighted by atomic mass is 16.2. The summed E-state index contributed by atoms with van der Waals surface area (Å²) >= 11 is 0. The first kappa shape index (κ1) is 15.1. The molecule has 7 nitrogen and oxygen atoms in total. The highest BCUT2D eigenvalue weighted by Gasteiger charge is 2.45. The summed E-state index contributed by atoms with van der Waals surface area (Å²) < 4.78 is 0. The van der Waals surface area contributed by atoms with Crippen LogP contribution in [0.4, 0.5) is 5.95 Å². The van der Waals surface area contributed by atoms with Gasteiger partial charge in [-0.2, -0.15) is 4.99 Å². The number of hydrogen-bond donors (Lipinski definition) is 1. The maximum absolute atomic E-state index is 12.8. The van der Waals surface area contributed by atoms with Gasteiger partial charge in [0.15, 0.2) is 0 Å². The molecule has 118 valence electrons. The summed E-state index contributed by atoms with van der Waals surface area (Å²) in [5.74, 6) is 0.0305. The Bertz CT molecular complexity index is 760. The molecule has 1 N–H and O–H groups in total. The van der Waals surface area contributed by atoms with Gasteiger partial charge in [-0.05, 0) is 39.0 Å². The average Bonchev–Trinajstić information content (AvgIpc) is 2.45. The molecule has 7 heteroatoms. The molecule has 3 heterocycles. The smallest absolute Gasteiger partial charge is 0.253 e. The number of carbonyl (C=O) groups excluding carboxylic acids is 2. The van der Waals surface area contributed by atoms with Crippen molar-refractivity contribution in [2.45, 2.75) is 32.7 Å². The number of nitrogens with one attached hydrogen (secondary N) is 1. The number of nitrogens with zero attached hydrogens (tertiary/aromatic N) is 4. The van der Waals surface area contributed by atoms with Gasteiger partial charge < -0.3 is 4.90 Å². The van der Waals surface area contributed by atoms with Crippen molar-refractivity contribution >= 4 is 23.6 Å². The molecule has 1 unspecified atom stereocenters. The van der Waals surface area contributed by atoms with E-state index in [9.17, 15) is 9.59 Å². The number of aromatic nitrogens is 2. The van der Waals surface area contributed by atoms with Crippen LogP contribution in [0.3, 0.4) is 0 Å². The standard InChI is InChI=1S/C16H17N5O2/c1-10-8-11(2)18-15(17-10)20-14(23)16(3)9-13(22)19-12-6-4-5-7-21(12)16/h4-8H,9H2,1-3H3,(H,17,18,20,23). The number of amidine groups is 1. The van der Waals surface area contributed by atoms with E-state index in [2.05, 4.69) is 20.3 Å². The maximum Gasteiger partial charge on any atom is 0.253 e. The molecule has 1 aromatic heterocycles. The van der Waals surface area contributed by atoms with Crippen LogP contribution in [0.25, 0.3) is 0 Å². The lowest BCUT2D eigenvalue weighted by Crippen LogP contribution is -2.58. The van der Waals surface area contributed by atoms with Gasteiger partial charge in [0.05, 0.1) is 6.42 Å². The van der Waals surface area contributed by atoms with Gasteiger partial charge in [0, 0.05) is 17.6 Å². The van der Waals surface area contributed by atoms with Crippen molar-refractivity contribution in [3.05, 3.63) is 41.9 Å². The third-order valence-corrected chi connectivity index (χ3v) is 3.80. The van der Waals surface area contributed by atoms with Crippen molar-refractivity contribution in [3.63, 3.8) is 0 Å². The molecule has 23 heavy (non-hydrogen) atoms. The third kappa shape index (κ3) is 2.77. The van der Waals surface area contributed by atoms with Crippen LogP contribution in [0.1, 0.15) is 24.7 Å². The molecule has 0 aromatic carbocycles. The lowest BCUT2D eigenvalue weighted by molar-refractivity contribution is -0.130. The largest absolute Gasteiger partial charge is 0.317 e. The molecule has 0 fully saturated rings. The minimum Gasteiger partial charge on any atom is -0.317 e. The average molecular weight is 311 g/mol. The Hall–Kier alpha value is -2.83. The van der Waals surface area contributed by atoms with Crippen molar-refractivity contribution in [1.82, 2.24) is 14.9 Å². The summed E-state index contributed by atoms with van der Waals surface area (Å²) in [7, 11) is 0. The normalized spacial score (nSPS) is 22.7. The fourth-order valence-electron chi connectivity index (χ4n) is 2.70. The van der Waals surface area contributed by atoms with Crippen LogP contribution in [0, 0.1) is 13.8 Å². The van der Waals surface area contributed by atoms with Crippen LogP contribution in [-0.2, 0) is 9.59 Å². The topological polar surface area (TPSA) is 87.5 Å². The predicted octanol–water partition coefficient (Wildman–Crippen LogP) is 1.50. The molecule has 0 aliphatic carbocycles. The molecule has 2 aliphatic rings. The van der Waals surface area contributed by atoms with E-state index in [4.69, 9.17) is 0 Å². The lowest BCUT2D eigenvalue weighted by Gasteiger charge is -2.41. The highest BCUT2D eigenvalue weighted by molar-refractivity contribution is 6.11. The number of aliphatic imine (C=N–C) groups is 1. The van der Waals surface area contributed by atoms with Gasteiger partial charge >= 0.3 is 0 Å². The number of carbonyl (C=O) groups is 2. The van der Waals surface area contributed by atoms with Crippen molar-refractivity contribution in [1.29, 1.82) is 0 Å². The predicted molar refractivity (Wildman–Crippen MR) is 85.7 cm³/mol. The fourth-order valence-corrected chi connectivity index (χ4v) is 2.70. The Morgan fingerprint density at radius 1 is 1.26 bits per heavy atom. The zero-order valence-electron chi connectivity index (χ0n) is 13.2. The molecule has 0 radical (unpaired) electrons. The molecule has 0 saturated heterocycles. The molecular weight excluding hydrogens is 294 g/mol. The lowest BCUT2D eigenvalue weighted by atomic mass is 9.91. The number of anilines is 1. The SMILES string of the molecule is Cc1cc(C)nc(NC(=O)C2(C)CC(=O)N=C3C=CC=CN32)n1. The highest BCUT2D eigenvalue weighted by Crippen LogP contribution is 2.29. The Kier molecular flexibility index (Phi) is 3.55. The Morgan fingerprint density at radius 2 is 1.96 bits per heavy atom. The Morgan fingerprint density at radius 3 is 2.65 bits per heavy atom. The van der Waals surface area contributed by atoms with Crippen LogP contribution in [0.15, 0.2) is 35.5 Å². The number of fused-ring (bicyclic) bond motifs is 1. The molecule has 0 saturated carbocycles.